The highest BCUT2D eigenvalue weighted by molar-refractivity contribution is 7.89. The van der Waals surface area contributed by atoms with E-state index in [0.29, 0.717) is 15.8 Å². The van der Waals surface area contributed by atoms with Gasteiger partial charge in [0.05, 0.1) is 19.8 Å². The topological polar surface area (TPSA) is 55.8 Å². The molecule has 0 spiro atoms. The molecule has 1 atom stereocenters. The summed E-state index contributed by atoms with van der Waals surface area (Å²) < 4.78 is 38.4. The van der Waals surface area contributed by atoms with Gasteiger partial charge in [0.25, 0.3) is 0 Å². The second-order valence-electron chi connectivity index (χ2n) is 5.58. The van der Waals surface area contributed by atoms with Gasteiger partial charge in [-0.1, -0.05) is 35.3 Å². The minimum Gasteiger partial charge on any atom is -0.495 e. The first-order valence-corrected chi connectivity index (χ1v) is 9.82. The molecule has 2 aromatic rings. The van der Waals surface area contributed by atoms with Gasteiger partial charge in [-0.3, -0.25) is 0 Å². The van der Waals surface area contributed by atoms with Crippen LogP contribution in [0.3, 0.4) is 0 Å². The molecule has 0 saturated carbocycles. The number of methoxy groups -OCH3 is 1. The summed E-state index contributed by atoms with van der Waals surface area (Å²) in [5.74, 6) is 0.316. The van der Waals surface area contributed by atoms with Crippen LogP contribution in [-0.2, 0) is 14.8 Å². The number of halogens is 2. The lowest BCUT2D eigenvalue weighted by Crippen LogP contribution is -2.42. The van der Waals surface area contributed by atoms with Crippen LogP contribution in [0.5, 0.6) is 5.75 Å². The van der Waals surface area contributed by atoms with Gasteiger partial charge < -0.3 is 9.47 Å². The van der Waals surface area contributed by atoms with E-state index in [2.05, 4.69) is 0 Å². The number of sulfonamides is 1. The van der Waals surface area contributed by atoms with Crippen LogP contribution in [0.25, 0.3) is 0 Å². The third-order valence-corrected chi connectivity index (χ3v) is 6.31. The van der Waals surface area contributed by atoms with Crippen molar-refractivity contribution in [1.82, 2.24) is 4.31 Å². The van der Waals surface area contributed by atoms with Crippen molar-refractivity contribution >= 4 is 33.2 Å². The molecule has 1 unspecified atom stereocenters. The molecule has 0 radical (unpaired) electrons. The number of morpholine rings is 1. The van der Waals surface area contributed by atoms with E-state index in [-0.39, 0.29) is 24.6 Å². The normalized spacial score (nSPS) is 18.9. The monoisotopic (exact) mass is 401 g/mol. The van der Waals surface area contributed by atoms with Crippen LogP contribution in [0.2, 0.25) is 10.0 Å². The SMILES string of the molecule is COc1ccccc1S(=O)(=O)N1CCOC(c2cc(Cl)cc(Cl)c2)C1. The maximum atomic E-state index is 13.0. The van der Waals surface area contributed by atoms with Crippen molar-refractivity contribution in [3.05, 3.63) is 58.1 Å². The summed E-state index contributed by atoms with van der Waals surface area (Å²) in [7, 11) is -2.25. The predicted molar refractivity (Wildman–Crippen MR) is 96.9 cm³/mol. The third-order valence-electron chi connectivity index (χ3n) is 3.97. The summed E-state index contributed by atoms with van der Waals surface area (Å²) in [5.41, 5.74) is 0.748. The Hall–Kier alpha value is -1.31. The van der Waals surface area contributed by atoms with Gasteiger partial charge >= 0.3 is 0 Å². The van der Waals surface area contributed by atoms with Gasteiger partial charge in [-0.15, -0.1) is 0 Å². The molecule has 0 amide bonds. The van der Waals surface area contributed by atoms with Gasteiger partial charge in [-0.25, -0.2) is 8.42 Å². The average Bonchev–Trinajstić information content (AvgIpc) is 2.61. The van der Waals surface area contributed by atoms with Crippen LogP contribution in [-0.4, -0.2) is 39.5 Å². The first kappa shape index (κ1) is 18.5. The molecule has 1 aliphatic rings. The fraction of sp³-hybridized carbons (Fsp3) is 0.294. The fourth-order valence-electron chi connectivity index (χ4n) is 2.78. The van der Waals surface area contributed by atoms with Crippen molar-refractivity contribution in [3.63, 3.8) is 0 Å². The fourth-order valence-corrected chi connectivity index (χ4v) is 4.90. The van der Waals surface area contributed by atoms with Crippen LogP contribution in [0, 0.1) is 0 Å². The zero-order valence-electron chi connectivity index (χ0n) is 13.5. The molecule has 0 aliphatic carbocycles. The molecule has 1 fully saturated rings. The van der Waals surface area contributed by atoms with Crippen molar-refractivity contribution in [2.75, 3.05) is 26.8 Å². The lowest BCUT2D eigenvalue weighted by molar-refractivity contribution is -0.00258. The Bertz CT molecular complexity index is 852. The van der Waals surface area contributed by atoms with E-state index in [1.165, 1.54) is 17.5 Å². The minimum absolute atomic E-state index is 0.141. The average molecular weight is 402 g/mol. The molecular weight excluding hydrogens is 385 g/mol. The van der Waals surface area contributed by atoms with Crippen molar-refractivity contribution in [2.24, 2.45) is 0 Å². The zero-order chi connectivity index (χ0) is 18.0. The number of rotatable bonds is 4. The highest BCUT2D eigenvalue weighted by atomic mass is 35.5. The number of nitrogens with zero attached hydrogens (tertiary/aromatic N) is 1. The van der Waals surface area contributed by atoms with Crippen LogP contribution in [0.15, 0.2) is 47.4 Å². The van der Waals surface area contributed by atoms with Gasteiger partial charge in [0, 0.05) is 23.1 Å². The molecule has 25 heavy (non-hydrogen) atoms. The molecule has 0 N–H and O–H groups in total. The largest absolute Gasteiger partial charge is 0.495 e. The Morgan fingerprint density at radius 3 is 2.52 bits per heavy atom. The number of para-hydroxylation sites is 1. The second kappa shape index (κ2) is 7.51. The third kappa shape index (κ3) is 3.93. The van der Waals surface area contributed by atoms with E-state index >= 15 is 0 Å². The Balaban J connectivity index is 1.90. The Labute approximate surface area is 157 Å². The van der Waals surface area contributed by atoms with Crippen molar-refractivity contribution in [1.29, 1.82) is 0 Å². The number of benzene rings is 2. The zero-order valence-corrected chi connectivity index (χ0v) is 15.8. The van der Waals surface area contributed by atoms with Gasteiger partial charge in [0.15, 0.2) is 0 Å². The summed E-state index contributed by atoms with van der Waals surface area (Å²) in [6.07, 6.45) is -0.436. The number of ether oxygens (including phenoxy) is 2. The van der Waals surface area contributed by atoms with E-state index in [0.717, 1.165) is 5.56 Å². The molecule has 0 aromatic heterocycles. The standard InChI is InChI=1S/C17H17Cl2NO4S/c1-23-15-4-2-3-5-17(15)25(21,22)20-6-7-24-16(11-20)12-8-13(18)10-14(19)9-12/h2-5,8-10,16H,6-7,11H2,1H3. The maximum Gasteiger partial charge on any atom is 0.246 e. The highest BCUT2D eigenvalue weighted by Gasteiger charge is 2.33. The van der Waals surface area contributed by atoms with E-state index in [1.54, 1.807) is 36.4 Å². The van der Waals surface area contributed by atoms with E-state index in [9.17, 15) is 8.42 Å². The van der Waals surface area contributed by atoms with Crippen LogP contribution < -0.4 is 4.74 Å². The molecular formula is C17H17Cl2NO4S. The minimum atomic E-state index is -3.70. The van der Waals surface area contributed by atoms with E-state index in [1.807, 2.05) is 0 Å². The highest BCUT2D eigenvalue weighted by Crippen LogP contribution is 2.32. The molecule has 5 nitrogen and oxygen atoms in total. The first-order chi connectivity index (χ1) is 11.9. The molecule has 1 heterocycles. The van der Waals surface area contributed by atoms with Gasteiger partial charge in [-0.2, -0.15) is 4.31 Å². The molecule has 134 valence electrons. The lowest BCUT2D eigenvalue weighted by atomic mass is 10.1. The van der Waals surface area contributed by atoms with Crippen LogP contribution in [0.4, 0.5) is 0 Å². The summed E-state index contributed by atoms with van der Waals surface area (Å²) in [5, 5.41) is 0.964. The van der Waals surface area contributed by atoms with Crippen molar-refractivity contribution in [3.8, 4) is 5.75 Å². The molecule has 8 heteroatoms. The van der Waals surface area contributed by atoms with E-state index in [4.69, 9.17) is 32.7 Å². The van der Waals surface area contributed by atoms with Crippen LogP contribution >= 0.6 is 23.2 Å². The van der Waals surface area contributed by atoms with E-state index < -0.39 is 16.1 Å². The van der Waals surface area contributed by atoms with Gasteiger partial charge in [0.2, 0.25) is 10.0 Å². The molecule has 3 rings (SSSR count). The quantitative estimate of drug-likeness (QED) is 0.782. The maximum absolute atomic E-state index is 13.0. The van der Waals surface area contributed by atoms with Crippen LogP contribution in [0.1, 0.15) is 11.7 Å². The molecule has 1 aliphatic heterocycles. The summed E-state index contributed by atoms with van der Waals surface area (Å²) in [4.78, 5) is 0.141. The van der Waals surface area contributed by atoms with Crippen molar-refractivity contribution < 1.29 is 17.9 Å². The summed E-state index contributed by atoms with van der Waals surface area (Å²) in [6.45, 7) is 0.728. The molecule has 0 bridgehead atoms. The first-order valence-electron chi connectivity index (χ1n) is 7.62. The van der Waals surface area contributed by atoms with Crippen molar-refractivity contribution in [2.45, 2.75) is 11.0 Å². The summed E-state index contributed by atoms with van der Waals surface area (Å²) in [6, 6.07) is 11.7. The Morgan fingerprint density at radius 1 is 1.16 bits per heavy atom. The Morgan fingerprint density at radius 2 is 1.84 bits per heavy atom. The molecule has 1 saturated heterocycles. The second-order valence-corrected chi connectivity index (χ2v) is 8.36. The van der Waals surface area contributed by atoms with Gasteiger partial charge in [-0.05, 0) is 35.9 Å². The lowest BCUT2D eigenvalue weighted by Gasteiger charge is -2.32. The number of hydrogen-bond donors (Lipinski definition) is 0. The number of hydrogen-bond acceptors (Lipinski definition) is 4. The van der Waals surface area contributed by atoms with Gasteiger partial charge in [0.1, 0.15) is 10.6 Å². The Kier molecular flexibility index (Phi) is 5.55. The molecule has 2 aromatic carbocycles. The smallest absolute Gasteiger partial charge is 0.246 e. The predicted octanol–water partition coefficient (Wildman–Crippen LogP) is 3.76. The summed E-state index contributed by atoms with van der Waals surface area (Å²) >= 11 is 12.1.